The van der Waals surface area contributed by atoms with E-state index in [0.717, 1.165) is 24.3 Å². The molecular formula is C16H16N4O7S. The molecule has 2 aromatic rings. The fraction of sp³-hybridized carbons (Fsp3) is 0.125. The summed E-state index contributed by atoms with van der Waals surface area (Å²) in [4.78, 5) is 22.6. The minimum Gasteiger partial charge on any atom is -0.493 e. The van der Waals surface area contributed by atoms with E-state index in [9.17, 15) is 23.3 Å². The van der Waals surface area contributed by atoms with Gasteiger partial charge in [0.2, 0.25) is 0 Å². The molecule has 2 rings (SSSR count). The number of rotatable bonds is 9. The highest BCUT2D eigenvalue weighted by Gasteiger charge is 2.15. The first-order chi connectivity index (χ1) is 13.2. The zero-order valence-corrected chi connectivity index (χ0v) is 15.4. The lowest BCUT2D eigenvalue weighted by molar-refractivity contribution is -0.384. The first-order valence-corrected chi connectivity index (χ1v) is 9.09. The maximum atomic E-state index is 12.1. The molecule has 11 nitrogen and oxygen atoms in total. The van der Waals surface area contributed by atoms with Gasteiger partial charge in [0.15, 0.2) is 18.1 Å². The average Bonchev–Trinajstić information content (AvgIpc) is 2.66. The summed E-state index contributed by atoms with van der Waals surface area (Å²) in [6, 6.07) is 8.94. The first kappa shape index (κ1) is 20.6. The molecule has 2 aromatic carbocycles. The summed E-state index contributed by atoms with van der Waals surface area (Å²) >= 11 is 0. The lowest BCUT2D eigenvalue weighted by atomic mass is 10.2. The Labute approximate surface area is 160 Å². The number of hydrogen-bond acceptors (Lipinski definition) is 8. The van der Waals surface area contributed by atoms with Gasteiger partial charge in [-0.05, 0) is 35.9 Å². The minimum atomic E-state index is -3.99. The molecule has 0 aliphatic rings. The van der Waals surface area contributed by atoms with Crippen molar-refractivity contribution >= 4 is 27.8 Å². The molecule has 1 amide bonds. The number of nitrogens with one attached hydrogen (secondary N) is 1. The smallest absolute Gasteiger partial charge is 0.276 e. The summed E-state index contributed by atoms with van der Waals surface area (Å²) in [5.74, 6) is -0.0679. The van der Waals surface area contributed by atoms with Crippen LogP contribution >= 0.6 is 0 Å². The Morgan fingerprint density at radius 2 is 1.93 bits per heavy atom. The van der Waals surface area contributed by atoms with Crippen LogP contribution in [0.1, 0.15) is 5.56 Å². The van der Waals surface area contributed by atoms with Gasteiger partial charge in [-0.1, -0.05) is 0 Å². The highest BCUT2D eigenvalue weighted by Crippen LogP contribution is 2.27. The number of nitrogens with zero attached hydrogens (tertiary/aromatic N) is 2. The normalized spacial score (nSPS) is 11.2. The minimum absolute atomic E-state index is 0.178. The summed E-state index contributed by atoms with van der Waals surface area (Å²) in [7, 11) is -2.60. The number of benzene rings is 2. The number of ether oxygens (including phenoxy) is 2. The fourth-order valence-electron chi connectivity index (χ4n) is 2.00. The van der Waals surface area contributed by atoms with Crippen molar-refractivity contribution in [2.75, 3.05) is 13.7 Å². The maximum absolute atomic E-state index is 12.1. The molecule has 0 radical (unpaired) electrons. The molecule has 0 heterocycles. The van der Waals surface area contributed by atoms with E-state index in [4.69, 9.17) is 15.2 Å². The van der Waals surface area contributed by atoms with Crippen LogP contribution in [0.25, 0.3) is 0 Å². The number of amides is 1. The number of carbonyl (C=O) groups excluding carboxylic acids is 1. The molecule has 0 saturated carbocycles. The molecule has 0 aliphatic heterocycles. The van der Waals surface area contributed by atoms with E-state index < -0.39 is 20.9 Å². The SMILES string of the molecule is COc1cc(/C=N\NS(=O)(=O)c2ccc([N+](=O)[O-])cc2)ccc1OCC(N)=O. The molecule has 0 saturated heterocycles. The van der Waals surface area contributed by atoms with Crippen LogP contribution in [0.2, 0.25) is 0 Å². The molecule has 12 heteroatoms. The topological polar surface area (TPSA) is 163 Å². The van der Waals surface area contributed by atoms with Crippen LogP contribution in [0.15, 0.2) is 52.5 Å². The Kier molecular flexibility index (Phi) is 6.50. The van der Waals surface area contributed by atoms with Crippen LogP contribution in [-0.4, -0.2) is 39.2 Å². The Bertz CT molecular complexity index is 1000. The summed E-state index contributed by atoms with van der Waals surface area (Å²) in [6.07, 6.45) is 1.23. The van der Waals surface area contributed by atoms with Gasteiger partial charge in [0.05, 0.1) is 23.1 Å². The summed E-state index contributed by atoms with van der Waals surface area (Å²) < 4.78 is 34.6. The number of carbonyl (C=O) groups is 1. The van der Waals surface area contributed by atoms with E-state index in [-0.39, 0.29) is 22.9 Å². The molecule has 148 valence electrons. The predicted octanol–water partition coefficient (Wildman–Crippen LogP) is 0.780. The van der Waals surface area contributed by atoms with Gasteiger partial charge in [-0.3, -0.25) is 14.9 Å². The van der Waals surface area contributed by atoms with E-state index in [0.29, 0.717) is 11.3 Å². The third-order valence-electron chi connectivity index (χ3n) is 3.30. The number of nitro benzene ring substituents is 1. The number of hydrogen-bond donors (Lipinski definition) is 2. The van der Waals surface area contributed by atoms with Gasteiger partial charge in [0, 0.05) is 12.1 Å². The summed E-state index contributed by atoms with van der Waals surface area (Å²) in [6.45, 7) is -0.321. The number of methoxy groups -OCH3 is 1. The lowest BCUT2D eigenvalue weighted by Gasteiger charge is -2.09. The second-order valence-corrected chi connectivity index (χ2v) is 6.93. The van der Waals surface area contributed by atoms with Crippen molar-refractivity contribution in [2.45, 2.75) is 4.90 Å². The summed E-state index contributed by atoms with van der Waals surface area (Å²) in [5, 5.41) is 14.3. The standard InChI is InChI=1S/C16H16N4O7S/c1-26-15-8-11(2-7-14(15)27-10-16(17)21)9-18-19-28(24,25)13-5-3-12(4-6-13)20(22)23/h2-9,19H,10H2,1H3,(H2,17,21)/b18-9-. The number of nitrogens with two attached hydrogens (primary N) is 1. The van der Waals surface area contributed by atoms with Gasteiger partial charge >= 0.3 is 0 Å². The van der Waals surface area contributed by atoms with Crippen LogP contribution < -0.4 is 20.0 Å². The third kappa shape index (κ3) is 5.41. The number of hydrazone groups is 1. The second kappa shape index (κ2) is 8.81. The number of primary amides is 1. The zero-order chi connectivity index (χ0) is 20.7. The summed E-state index contributed by atoms with van der Waals surface area (Å²) in [5.41, 5.74) is 5.27. The van der Waals surface area contributed by atoms with Crippen molar-refractivity contribution in [1.29, 1.82) is 0 Å². The molecule has 0 unspecified atom stereocenters. The molecule has 0 atom stereocenters. The molecule has 0 spiro atoms. The van der Waals surface area contributed by atoms with E-state index in [1.165, 1.54) is 25.5 Å². The quantitative estimate of drug-likeness (QED) is 0.352. The van der Waals surface area contributed by atoms with E-state index in [1.54, 1.807) is 6.07 Å². The van der Waals surface area contributed by atoms with Crippen molar-refractivity contribution in [3.63, 3.8) is 0 Å². The molecule has 3 N–H and O–H groups in total. The van der Waals surface area contributed by atoms with E-state index in [2.05, 4.69) is 5.10 Å². The van der Waals surface area contributed by atoms with Gasteiger partial charge in [0.1, 0.15) is 0 Å². The van der Waals surface area contributed by atoms with Gasteiger partial charge in [-0.15, -0.1) is 0 Å². The molecule has 28 heavy (non-hydrogen) atoms. The third-order valence-corrected chi connectivity index (χ3v) is 4.54. The van der Waals surface area contributed by atoms with Crippen molar-refractivity contribution in [3.05, 3.63) is 58.1 Å². The lowest BCUT2D eigenvalue weighted by Crippen LogP contribution is -2.20. The van der Waals surface area contributed by atoms with Gasteiger partial charge in [-0.2, -0.15) is 13.5 Å². The second-order valence-electron chi connectivity index (χ2n) is 5.27. The van der Waals surface area contributed by atoms with Gasteiger partial charge in [0.25, 0.3) is 21.6 Å². The largest absolute Gasteiger partial charge is 0.493 e. The fourth-order valence-corrected chi connectivity index (χ4v) is 2.79. The molecule has 0 bridgehead atoms. The Hall–Kier alpha value is -3.67. The maximum Gasteiger partial charge on any atom is 0.276 e. The van der Waals surface area contributed by atoms with Gasteiger partial charge < -0.3 is 15.2 Å². The number of non-ortho nitro benzene ring substituents is 1. The van der Waals surface area contributed by atoms with Crippen molar-refractivity contribution in [3.8, 4) is 11.5 Å². The van der Waals surface area contributed by atoms with Crippen molar-refractivity contribution < 1.29 is 27.6 Å². The average molecular weight is 408 g/mol. The van der Waals surface area contributed by atoms with Crippen LogP contribution in [0.4, 0.5) is 5.69 Å². The Balaban J connectivity index is 2.10. The van der Waals surface area contributed by atoms with Crippen LogP contribution in [0, 0.1) is 10.1 Å². The number of nitro groups is 1. The zero-order valence-electron chi connectivity index (χ0n) is 14.6. The van der Waals surface area contributed by atoms with Crippen LogP contribution in [-0.2, 0) is 14.8 Å². The molecule has 0 aromatic heterocycles. The van der Waals surface area contributed by atoms with Crippen molar-refractivity contribution in [2.24, 2.45) is 10.8 Å². The molecule has 0 fully saturated rings. The van der Waals surface area contributed by atoms with E-state index >= 15 is 0 Å². The monoisotopic (exact) mass is 408 g/mol. The number of sulfonamides is 1. The molecule has 0 aliphatic carbocycles. The van der Waals surface area contributed by atoms with Gasteiger partial charge in [-0.25, -0.2) is 4.83 Å². The highest BCUT2D eigenvalue weighted by molar-refractivity contribution is 7.89. The Morgan fingerprint density at radius 3 is 2.50 bits per heavy atom. The molecular weight excluding hydrogens is 392 g/mol. The van der Waals surface area contributed by atoms with Crippen molar-refractivity contribution in [1.82, 2.24) is 4.83 Å². The predicted molar refractivity (Wildman–Crippen MR) is 98.7 cm³/mol. The van der Waals surface area contributed by atoms with Crippen LogP contribution in [0.5, 0.6) is 11.5 Å². The highest BCUT2D eigenvalue weighted by atomic mass is 32.2. The first-order valence-electron chi connectivity index (χ1n) is 7.61. The van der Waals surface area contributed by atoms with E-state index in [1.807, 2.05) is 4.83 Å². The van der Waals surface area contributed by atoms with Crippen LogP contribution in [0.3, 0.4) is 0 Å². The Morgan fingerprint density at radius 1 is 1.25 bits per heavy atom.